The van der Waals surface area contributed by atoms with E-state index in [2.05, 4.69) is 48.2 Å². The molecule has 0 saturated carbocycles. The highest BCUT2D eigenvalue weighted by atomic mass is 16.5. The number of aliphatic hydroxyl groups is 1. The lowest BCUT2D eigenvalue weighted by Gasteiger charge is -2.41. The summed E-state index contributed by atoms with van der Waals surface area (Å²) in [6.07, 6.45) is 0.819. The standard InChI is InChI=1S/C23H32N2O3/c1-24(2)13-6-15-27-21-11-9-19(10-12-21)17-25-14-16-28-22(18-26)23(25)20-7-4-3-5-8-20/h3-5,7-12,22-23,26H,6,13-18H2,1-2H3/t22-,23-/m1/s1. The van der Waals surface area contributed by atoms with Crippen molar-refractivity contribution in [1.29, 1.82) is 0 Å². The Morgan fingerprint density at radius 1 is 1.11 bits per heavy atom. The molecule has 1 heterocycles. The van der Waals surface area contributed by atoms with Crippen molar-refractivity contribution in [2.24, 2.45) is 0 Å². The summed E-state index contributed by atoms with van der Waals surface area (Å²) in [6, 6.07) is 18.7. The van der Waals surface area contributed by atoms with Crippen LogP contribution >= 0.6 is 0 Å². The first-order valence-corrected chi connectivity index (χ1v) is 10.1. The first-order valence-electron chi connectivity index (χ1n) is 10.1. The van der Waals surface area contributed by atoms with Crippen LogP contribution in [0.2, 0.25) is 0 Å². The van der Waals surface area contributed by atoms with Gasteiger partial charge in [0.15, 0.2) is 0 Å². The van der Waals surface area contributed by atoms with Crippen LogP contribution in [0.3, 0.4) is 0 Å². The van der Waals surface area contributed by atoms with Crippen LogP contribution in [0.1, 0.15) is 23.6 Å². The van der Waals surface area contributed by atoms with Crippen molar-refractivity contribution < 1.29 is 14.6 Å². The fourth-order valence-corrected chi connectivity index (χ4v) is 3.69. The lowest BCUT2D eigenvalue weighted by molar-refractivity contribution is -0.0960. The number of benzene rings is 2. The van der Waals surface area contributed by atoms with E-state index in [1.54, 1.807) is 0 Å². The van der Waals surface area contributed by atoms with Crippen molar-refractivity contribution in [2.75, 3.05) is 47.0 Å². The summed E-state index contributed by atoms with van der Waals surface area (Å²) in [7, 11) is 4.15. The molecule has 5 nitrogen and oxygen atoms in total. The minimum absolute atomic E-state index is 0.0236. The maximum absolute atomic E-state index is 9.81. The summed E-state index contributed by atoms with van der Waals surface area (Å²) in [5, 5.41) is 9.81. The maximum Gasteiger partial charge on any atom is 0.119 e. The fraction of sp³-hybridized carbons (Fsp3) is 0.478. The highest BCUT2D eigenvalue weighted by molar-refractivity contribution is 5.28. The van der Waals surface area contributed by atoms with Crippen molar-refractivity contribution >= 4 is 0 Å². The summed E-state index contributed by atoms with van der Waals surface area (Å²) in [4.78, 5) is 4.56. The molecule has 152 valence electrons. The van der Waals surface area contributed by atoms with Gasteiger partial charge in [-0.2, -0.15) is 0 Å². The molecule has 2 aromatic carbocycles. The topological polar surface area (TPSA) is 45.2 Å². The SMILES string of the molecule is CN(C)CCCOc1ccc(CN2CCO[C@H](CO)[C@H]2c2ccccc2)cc1. The molecule has 1 aliphatic heterocycles. The van der Waals surface area contributed by atoms with E-state index in [1.807, 2.05) is 30.3 Å². The fourth-order valence-electron chi connectivity index (χ4n) is 3.69. The minimum atomic E-state index is -0.199. The third-order valence-electron chi connectivity index (χ3n) is 5.10. The van der Waals surface area contributed by atoms with Gasteiger partial charge < -0.3 is 19.5 Å². The summed E-state index contributed by atoms with van der Waals surface area (Å²) in [6.45, 7) is 4.09. The third kappa shape index (κ3) is 5.79. The number of morpholine rings is 1. The Morgan fingerprint density at radius 2 is 1.86 bits per heavy atom. The van der Waals surface area contributed by atoms with Crippen molar-refractivity contribution in [3.05, 3.63) is 65.7 Å². The lowest BCUT2D eigenvalue weighted by Crippen LogP contribution is -2.46. The van der Waals surface area contributed by atoms with Gasteiger partial charge in [0.05, 0.1) is 25.9 Å². The second-order valence-electron chi connectivity index (χ2n) is 7.57. The summed E-state index contributed by atoms with van der Waals surface area (Å²) >= 11 is 0. The highest BCUT2D eigenvalue weighted by Gasteiger charge is 2.33. The molecule has 2 aromatic rings. The van der Waals surface area contributed by atoms with E-state index in [1.165, 1.54) is 11.1 Å². The summed E-state index contributed by atoms with van der Waals surface area (Å²) in [5.41, 5.74) is 2.42. The van der Waals surface area contributed by atoms with E-state index >= 15 is 0 Å². The Morgan fingerprint density at radius 3 is 2.54 bits per heavy atom. The zero-order chi connectivity index (χ0) is 19.8. The van der Waals surface area contributed by atoms with Gasteiger partial charge in [-0.05, 0) is 43.8 Å². The minimum Gasteiger partial charge on any atom is -0.494 e. The second-order valence-corrected chi connectivity index (χ2v) is 7.57. The number of hydrogen-bond acceptors (Lipinski definition) is 5. The number of ether oxygens (including phenoxy) is 2. The van der Waals surface area contributed by atoms with Crippen LogP contribution in [0.15, 0.2) is 54.6 Å². The Bertz CT molecular complexity index is 691. The average Bonchev–Trinajstić information content (AvgIpc) is 2.72. The maximum atomic E-state index is 9.81. The van der Waals surface area contributed by atoms with Crippen LogP contribution in [-0.4, -0.2) is 68.0 Å². The largest absolute Gasteiger partial charge is 0.494 e. The number of aliphatic hydroxyl groups excluding tert-OH is 1. The molecule has 0 aromatic heterocycles. The average molecular weight is 385 g/mol. The molecule has 0 spiro atoms. The molecule has 28 heavy (non-hydrogen) atoms. The number of rotatable bonds is 9. The Hall–Kier alpha value is -1.92. The molecule has 1 saturated heterocycles. The van der Waals surface area contributed by atoms with E-state index in [0.717, 1.165) is 38.4 Å². The van der Waals surface area contributed by atoms with Crippen molar-refractivity contribution in [3.8, 4) is 5.75 Å². The van der Waals surface area contributed by atoms with Crippen LogP contribution in [0.5, 0.6) is 5.75 Å². The van der Waals surface area contributed by atoms with Crippen LogP contribution < -0.4 is 4.74 Å². The normalized spacial score (nSPS) is 20.4. The lowest BCUT2D eigenvalue weighted by atomic mass is 9.97. The van der Waals surface area contributed by atoms with Gasteiger partial charge in [0.1, 0.15) is 11.9 Å². The Labute approximate surface area is 168 Å². The molecule has 0 bridgehead atoms. The number of hydrogen-bond donors (Lipinski definition) is 1. The van der Waals surface area contributed by atoms with Crippen molar-refractivity contribution in [1.82, 2.24) is 9.80 Å². The van der Waals surface area contributed by atoms with Gasteiger partial charge in [0, 0.05) is 19.6 Å². The van der Waals surface area contributed by atoms with Crippen molar-refractivity contribution in [3.63, 3.8) is 0 Å². The smallest absolute Gasteiger partial charge is 0.119 e. The van der Waals surface area contributed by atoms with Gasteiger partial charge in [0.2, 0.25) is 0 Å². The molecule has 1 aliphatic rings. The van der Waals surface area contributed by atoms with Crippen LogP contribution in [0, 0.1) is 0 Å². The number of nitrogens with zero attached hydrogens (tertiary/aromatic N) is 2. The van der Waals surface area contributed by atoms with Gasteiger partial charge >= 0.3 is 0 Å². The summed E-state index contributed by atoms with van der Waals surface area (Å²) < 4.78 is 11.7. The zero-order valence-corrected chi connectivity index (χ0v) is 17.0. The van der Waals surface area contributed by atoms with Crippen molar-refractivity contribution in [2.45, 2.75) is 25.1 Å². The first kappa shape index (κ1) is 20.8. The van der Waals surface area contributed by atoms with E-state index in [9.17, 15) is 5.11 Å². The second kappa shape index (κ2) is 10.6. The van der Waals surface area contributed by atoms with Gasteiger partial charge in [-0.3, -0.25) is 4.90 Å². The molecule has 1 N–H and O–H groups in total. The van der Waals surface area contributed by atoms with E-state index < -0.39 is 0 Å². The molecule has 0 radical (unpaired) electrons. The van der Waals surface area contributed by atoms with Gasteiger partial charge in [-0.15, -0.1) is 0 Å². The predicted octanol–water partition coefficient (Wildman–Crippen LogP) is 2.95. The zero-order valence-electron chi connectivity index (χ0n) is 17.0. The summed E-state index contributed by atoms with van der Waals surface area (Å²) in [5.74, 6) is 0.914. The molecule has 2 atom stereocenters. The van der Waals surface area contributed by atoms with E-state index in [0.29, 0.717) is 6.61 Å². The quantitative estimate of drug-likeness (QED) is 0.674. The molecule has 0 aliphatic carbocycles. The van der Waals surface area contributed by atoms with Gasteiger partial charge in [0.25, 0.3) is 0 Å². The van der Waals surface area contributed by atoms with Gasteiger partial charge in [-0.1, -0.05) is 42.5 Å². The van der Waals surface area contributed by atoms with Crippen LogP contribution in [0.25, 0.3) is 0 Å². The molecular formula is C23H32N2O3. The molecule has 5 heteroatoms. The van der Waals surface area contributed by atoms with E-state index in [-0.39, 0.29) is 18.8 Å². The first-order chi connectivity index (χ1) is 13.7. The molecule has 3 rings (SSSR count). The van der Waals surface area contributed by atoms with Crippen LogP contribution in [-0.2, 0) is 11.3 Å². The molecular weight excluding hydrogens is 352 g/mol. The molecule has 0 amide bonds. The van der Waals surface area contributed by atoms with Gasteiger partial charge in [-0.25, -0.2) is 0 Å². The predicted molar refractivity (Wildman–Crippen MR) is 112 cm³/mol. The highest BCUT2D eigenvalue weighted by Crippen LogP contribution is 2.31. The Kier molecular flexibility index (Phi) is 7.86. The molecule has 1 fully saturated rings. The van der Waals surface area contributed by atoms with E-state index in [4.69, 9.17) is 9.47 Å². The monoisotopic (exact) mass is 384 g/mol. The Balaban J connectivity index is 1.62. The third-order valence-corrected chi connectivity index (χ3v) is 5.10. The van der Waals surface area contributed by atoms with Crippen LogP contribution in [0.4, 0.5) is 0 Å². The molecule has 0 unspecified atom stereocenters.